The van der Waals surface area contributed by atoms with Crippen LogP contribution in [0.25, 0.3) is 0 Å². The fourth-order valence-electron chi connectivity index (χ4n) is 3.21. The largest absolute Gasteiger partial charge is 0.481 e. The third kappa shape index (κ3) is 4.94. The van der Waals surface area contributed by atoms with E-state index in [0.29, 0.717) is 6.54 Å². The number of hydrogen-bond donors (Lipinski definition) is 3. The summed E-state index contributed by atoms with van der Waals surface area (Å²) in [6, 6.07) is 6.21. The Morgan fingerprint density at radius 2 is 1.91 bits per heavy atom. The van der Waals surface area contributed by atoms with Crippen molar-refractivity contribution in [1.82, 2.24) is 10.6 Å². The van der Waals surface area contributed by atoms with E-state index in [1.54, 1.807) is 12.1 Å². The average molecular weight is 322 g/mol. The van der Waals surface area contributed by atoms with E-state index in [1.807, 2.05) is 6.07 Å². The van der Waals surface area contributed by atoms with Crippen molar-refractivity contribution in [3.63, 3.8) is 0 Å². The molecule has 0 atom stereocenters. The first kappa shape index (κ1) is 17.2. The molecule has 2 amide bonds. The van der Waals surface area contributed by atoms with E-state index in [9.17, 15) is 14.0 Å². The lowest BCUT2D eigenvalue weighted by molar-refractivity contribution is -0.136. The van der Waals surface area contributed by atoms with Crippen LogP contribution in [0.15, 0.2) is 24.3 Å². The summed E-state index contributed by atoms with van der Waals surface area (Å²) < 4.78 is 13.6. The smallest absolute Gasteiger partial charge is 0.314 e. The summed E-state index contributed by atoms with van der Waals surface area (Å²) in [6.45, 7) is 0.517. The molecule has 1 aromatic rings. The van der Waals surface area contributed by atoms with Gasteiger partial charge >= 0.3 is 12.0 Å². The monoisotopic (exact) mass is 322 g/mol. The molecule has 1 aromatic carbocycles. The Labute approximate surface area is 135 Å². The Balaban J connectivity index is 1.99. The van der Waals surface area contributed by atoms with Crippen LogP contribution >= 0.6 is 0 Å². The number of aliphatic carboxylic acids is 1. The van der Waals surface area contributed by atoms with E-state index >= 15 is 0 Å². The van der Waals surface area contributed by atoms with E-state index in [1.165, 1.54) is 6.07 Å². The van der Waals surface area contributed by atoms with Crippen LogP contribution in [0.3, 0.4) is 0 Å². The Morgan fingerprint density at radius 1 is 1.17 bits per heavy atom. The Hall–Kier alpha value is -2.11. The number of carboxylic acids is 1. The summed E-state index contributed by atoms with van der Waals surface area (Å²) in [5.74, 6) is -1.22. The predicted octanol–water partition coefficient (Wildman–Crippen LogP) is 2.80. The summed E-state index contributed by atoms with van der Waals surface area (Å²) in [5.41, 5.74) is 0.674. The van der Waals surface area contributed by atoms with Gasteiger partial charge in [-0.15, -0.1) is 0 Å². The second-order valence-electron chi connectivity index (χ2n) is 6.10. The van der Waals surface area contributed by atoms with Gasteiger partial charge in [0.25, 0.3) is 0 Å². The van der Waals surface area contributed by atoms with Gasteiger partial charge in [-0.1, -0.05) is 31.4 Å². The van der Waals surface area contributed by atoms with Crippen LogP contribution in [0.4, 0.5) is 9.18 Å². The van der Waals surface area contributed by atoms with E-state index in [-0.39, 0.29) is 30.2 Å². The summed E-state index contributed by atoms with van der Waals surface area (Å²) in [6.07, 6.45) is 4.97. The van der Waals surface area contributed by atoms with Crippen LogP contribution < -0.4 is 10.6 Å². The molecule has 3 N–H and O–H groups in total. The molecule has 0 saturated heterocycles. The number of hydrogen-bond acceptors (Lipinski definition) is 2. The molecular formula is C17H23FN2O3. The summed E-state index contributed by atoms with van der Waals surface area (Å²) >= 11 is 0. The van der Waals surface area contributed by atoms with Crippen molar-refractivity contribution in [2.75, 3.05) is 13.1 Å². The fraction of sp³-hybridized carbons (Fsp3) is 0.529. The number of amides is 2. The lowest BCUT2D eigenvalue weighted by Gasteiger charge is -2.38. The topological polar surface area (TPSA) is 78.4 Å². The number of carbonyl (C=O) groups excluding carboxylic acids is 1. The van der Waals surface area contributed by atoms with E-state index in [0.717, 1.165) is 37.7 Å². The van der Waals surface area contributed by atoms with Crippen LogP contribution in [0.5, 0.6) is 0 Å². The summed E-state index contributed by atoms with van der Waals surface area (Å²) in [5, 5.41) is 13.9. The predicted molar refractivity (Wildman–Crippen MR) is 84.8 cm³/mol. The lowest BCUT2D eigenvalue weighted by Crippen LogP contribution is -2.46. The summed E-state index contributed by atoms with van der Waals surface area (Å²) in [4.78, 5) is 22.3. The van der Waals surface area contributed by atoms with Crippen molar-refractivity contribution in [2.45, 2.75) is 43.9 Å². The Bertz CT molecular complexity index is 557. The molecule has 1 saturated carbocycles. The molecule has 126 valence electrons. The normalized spacial score (nSPS) is 16.6. The first-order valence-corrected chi connectivity index (χ1v) is 8.01. The van der Waals surface area contributed by atoms with Crippen molar-refractivity contribution in [1.29, 1.82) is 0 Å². The van der Waals surface area contributed by atoms with Crippen molar-refractivity contribution < 1.29 is 19.1 Å². The van der Waals surface area contributed by atoms with Gasteiger partial charge in [-0.2, -0.15) is 0 Å². The van der Waals surface area contributed by atoms with Gasteiger partial charge in [-0.05, 0) is 30.5 Å². The zero-order valence-corrected chi connectivity index (χ0v) is 13.1. The number of benzene rings is 1. The number of carbonyl (C=O) groups is 2. The first-order chi connectivity index (χ1) is 11.0. The number of halogens is 1. The minimum atomic E-state index is -0.950. The van der Waals surface area contributed by atoms with Crippen LogP contribution in [-0.2, 0) is 10.2 Å². The average Bonchev–Trinajstić information content (AvgIpc) is 2.53. The molecule has 0 bridgehead atoms. The zero-order valence-electron chi connectivity index (χ0n) is 13.1. The second kappa shape index (κ2) is 7.94. The van der Waals surface area contributed by atoms with Crippen LogP contribution in [0.1, 0.15) is 44.1 Å². The van der Waals surface area contributed by atoms with Gasteiger partial charge in [-0.3, -0.25) is 4.79 Å². The quantitative estimate of drug-likeness (QED) is 0.753. The van der Waals surface area contributed by atoms with Gasteiger partial charge in [0.05, 0.1) is 6.42 Å². The maximum absolute atomic E-state index is 13.6. The molecule has 1 fully saturated rings. The number of urea groups is 1. The maximum Gasteiger partial charge on any atom is 0.314 e. The molecule has 1 aliphatic carbocycles. The van der Waals surface area contributed by atoms with E-state index in [4.69, 9.17) is 5.11 Å². The maximum atomic E-state index is 13.6. The van der Waals surface area contributed by atoms with Crippen molar-refractivity contribution >= 4 is 12.0 Å². The van der Waals surface area contributed by atoms with Crippen LogP contribution in [0.2, 0.25) is 0 Å². The van der Waals surface area contributed by atoms with Crippen molar-refractivity contribution in [3.8, 4) is 0 Å². The minimum Gasteiger partial charge on any atom is -0.481 e. The molecule has 0 heterocycles. The third-order valence-corrected chi connectivity index (χ3v) is 4.46. The number of rotatable bonds is 6. The zero-order chi connectivity index (χ0) is 16.7. The third-order valence-electron chi connectivity index (χ3n) is 4.46. The highest BCUT2D eigenvalue weighted by molar-refractivity contribution is 5.75. The van der Waals surface area contributed by atoms with Gasteiger partial charge in [0, 0.05) is 18.5 Å². The first-order valence-electron chi connectivity index (χ1n) is 8.01. The highest BCUT2D eigenvalue weighted by Crippen LogP contribution is 2.39. The molecule has 1 aliphatic rings. The van der Waals surface area contributed by atoms with E-state index in [2.05, 4.69) is 10.6 Å². The molecular weight excluding hydrogens is 299 g/mol. The standard InChI is InChI=1S/C17H23FN2O3/c18-14-6-4-5-13(11-14)17(8-2-1-3-9-17)12-20-16(23)19-10-7-15(21)22/h4-6,11H,1-3,7-10,12H2,(H,21,22)(H2,19,20,23). The molecule has 23 heavy (non-hydrogen) atoms. The lowest BCUT2D eigenvalue weighted by atomic mass is 9.69. The van der Waals surface area contributed by atoms with Crippen molar-refractivity contribution in [2.24, 2.45) is 0 Å². The molecule has 0 spiro atoms. The van der Waals surface area contributed by atoms with Crippen molar-refractivity contribution in [3.05, 3.63) is 35.6 Å². The van der Waals surface area contributed by atoms with Crippen LogP contribution in [0, 0.1) is 5.82 Å². The number of carboxylic acid groups (broad SMARTS) is 1. The van der Waals surface area contributed by atoms with Gasteiger partial charge in [-0.25, -0.2) is 9.18 Å². The van der Waals surface area contributed by atoms with E-state index < -0.39 is 5.97 Å². The molecule has 0 radical (unpaired) electrons. The summed E-state index contributed by atoms with van der Waals surface area (Å²) in [7, 11) is 0. The highest BCUT2D eigenvalue weighted by atomic mass is 19.1. The SMILES string of the molecule is O=C(O)CCNC(=O)NCC1(c2cccc(F)c2)CCCCC1. The Kier molecular flexibility index (Phi) is 5.96. The molecule has 0 aromatic heterocycles. The van der Waals surface area contributed by atoms with Gasteiger partial charge < -0.3 is 15.7 Å². The molecule has 5 nitrogen and oxygen atoms in total. The number of nitrogens with one attached hydrogen (secondary N) is 2. The molecule has 0 aliphatic heterocycles. The Morgan fingerprint density at radius 3 is 2.57 bits per heavy atom. The molecule has 6 heteroatoms. The second-order valence-corrected chi connectivity index (χ2v) is 6.10. The highest BCUT2D eigenvalue weighted by Gasteiger charge is 2.34. The fourth-order valence-corrected chi connectivity index (χ4v) is 3.21. The van der Waals surface area contributed by atoms with Gasteiger partial charge in [0.1, 0.15) is 5.82 Å². The van der Waals surface area contributed by atoms with Crippen LogP contribution in [-0.4, -0.2) is 30.2 Å². The molecule has 2 rings (SSSR count). The van der Waals surface area contributed by atoms with Gasteiger partial charge in [0.2, 0.25) is 0 Å². The molecule has 0 unspecified atom stereocenters. The minimum absolute atomic E-state index is 0.0914. The van der Waals surface area contributed by atoms with Gasteiger partial charge in [0.15, 0.2) is 0 Å².